The van der Waals surface area contributed by atoms with Crippen LogP contribution in [0.3, 0.4) is 0 Å². The number of nitrogens with one attached hydrogen (secondary N) is 1. The van der Waals surface area contributed by atoms with Crippen LogP contribution in [0.1, 0.15) is 63.0 Å². The normalized spacial score (nSPS) is 12.3. The molecule has 41 heavy (non-hydrogen) atoms. The van der Waals surface area contributed by atoms with Crippen molar-refractivity contribution in [2.75, 3.05) is 32.1 Å². The Morgan fingerprint density at radius 3 is 2.20 bits per heavy atom. The zero-order valence-electron chi connectivity index (χ0n) is 25.2. The molecule has 0 aliphatic carbocycles. The summed E-state index contributed by atoms with van der Waals surface area (Å²) in [4.78, 5) is 26.1. The molecule has 0 bridgehead atoms. The maximum absolute atomic E-state index is 13.9. The van der Waals surface area contributed by atoms with Gasteiger partial charge in [0.1, 0.15) is 0 Å². The highest BCUT2D eigenvalue weighted by Gasteiger charge is 2.30. The van der Waals surface area contributed by atoms with E-state index >= 15 is 0 Å². The third-order valence-corrected chi connectivity index (χ3v) is 7.75. The Kier molecular flexibility index (Phi) is 13.3. The summed E-state index contributed by atoms with van der Waals surface area (Å²) in [6, 6.07) is 20.2. The van der Waals surface area contributed by atoms with E-state index in [1.807, 2.05) is 63.2 Å². The van der Waals surface area contributed by atoms with Gasteiger partial charge in [0.15, 0.2) is 0 Å². The molecule has 0 aliphatic rings. The van der Waals surface area contributed by atoms with Crippen molar-refractivity contribution in [1.29, 1.82) is 0 Å². The van der Waals surface area contributed by atoms with Gasteiger partial charge in [0.2, 0.25) is 6.41 Å². The number of nitrogens with zero attached hydrogens (tertiary/aromatic N) is 1. The van der Waals surface area contributed by atoms with Gasteiger partial charge in [-0.05, 0) is 60.6 Å². The first-order valence-electron chi connectivity index (χ1n) is 14.0. The molecule has 0 fully saturated rings. The number of aliphatic hydroxyl groups is 3. The van der Waals surface area contributed by atoms with Crippen LogP contribution in [-0.4, -0.2) is 76.2 Å². The van der Waals surface area contributed by atoms with E-state index < -0.39 is 11.6 Å². The van der Waals surface area contributed by atoms with Crippen LogP contribution in [0.4, 0.5) is 0 Å². The van der Waals surface area contributed by atoms with Crippen LogP contribution in [-0.2, 0) is 16.6 Å². The van der Waals surface area contributed by atoms with Crippen LogP contribution in [0, 0.1) is 0 Å². The molecule has 3 rings (SSSR count). The van der Waals surface area contributed by atoms with E-state index in [9.17, 15) is 19.8 Å². The predicted molar refractivity (Wildman–Crippen MR) is 169 cm³/mol. The summed E-state index contributed by atoms with van der Waals surface area (Å²) in [5.41, 5.74) is 2.29. The molecule has 4 N–H and O–H groups in total. The highest BCUT2D eigenvalue weighted by atomic mass is 32.2. The Bertz CT molecular complexity index is 1270. The summed E-state index contributed by atoms with van der Waals surface area (Å²) in [7, 11) is 0. The zero-order valence-corrected chi connectivity index (χ0v) is 26.0. The van der Waals surface area contributed by atoms with Crippen molar-refractivity contribution in [3.05, 3.63) is 77.4 Å². The van der Waals surface area contributed by atoms with Gasteiger partial charge in [0.25, 0.3) is 5.91 Å². The molecule has 3 aromatic rings. The van der Waals surface area contributed by atoms with Gasteiger partial charge in [-0.3, -0.25) is 9.59 Å². The number of amides is 2. The van der Waals surface area contributed by atoms with Crippen molar-refractivity contribution in [2.24, 2.45) is 0 Å². The predicted octanol–water partition coefficient (Wildman–Crippen LogP) is 4.79. The van der Waals surface area contributed by atoms with Gasteiger partial charge in [0.05, 0.1) is 24.9 Å². The number of aliphatic hydroxyl groups excluding tert-OH is 3. The fraction of sp³-hybridized carbons (Fsp3) is 0.455. The first-order valence-corrected chi connectivity index (χ1v) is 14.9. The SMILES string of the molecule is CC(C)(C)c1ccccc1SCC(O)Cc1ccc2ccccc2c1C(=O)N(CCO)C(C)(C)C.O=CNCCO. The van der Waals surface area contributed by atoms with Gasteiger partial charge in [-0.15, -0.1) is 11.8 Å². The van der Waals surface area contributed by atoms with E-state index in [-0.39, 0.29) is 31.1 Å². The lowest BCUT2D eigenvalue weighted by Gasteiger charge is -2.36. The second kappa shape index (κ2) is 15.9. The number of carbonyl (C=O) groups is 2. The molecule has 0 saturated carbocycles. The molecular weight excluding hydrogens is 536 g/mol. The molecule has 8 heteroatoms. The maximum Gasteiger partial charge on any atom is 0.255 e. The van der Waals surface area contributed by atoms with Crippen molar-refractivity contribution in [1.82, 2.24) is 10.2 Å². The first-order chi connectivity index (χ1) is 19.3. The largest absolute Gasteiger partial charge is 0.395 e. The number of benzene rings is 3. The Morgan fingerprint density at radius 1 is 0.951 bits per heavy atom. The number of hydrogen-bond donors (Lipinski definition) is 4. The zero-order chi connectivity index (χ0) is 30.6. The molecule has 224 valence electrons. The quantitative estimate of drug-likeness (QED) is 0.147. The topological polar surface area (TPSA) is 110 Å². The van der Waals surface area contributed by atoms with E-state index in [1.165, 1.54) is 10.5 Å². The van der Waals surface area contributed by atoms with Crippen molar-refractivity contribution < 1.29 is 24.9 Å². The van der Waals surface area contributed by atoms with Gasteiger partial charge in [-0.1, -0.05) is 75.4 Å². The average molecular weight is 583 g/mol. The first kappa shape index (κ1) is 34.3. The summed E-state index contributed by atoms with van der Waals surface area (Å²) in [6.07, 6.45) is 0.325. The number of hydrogen-bond acceptors (Lipinski definition) is 6. The van der Waals surface area contributed by atoms with Crippen molar-refractivity contribution >= 4 is 34.9 Å². The molecule has 1 unspecified atom stereocenters. The minimum Gasteiger partial charge on any atom is -0.395 e. The van der Waals surface area contributed by atoms with Crippen LogP contribution < -0.4 is 5.32 Å². The summed E-state index contributed by atoms with van der Waals surface area (Å²) in [5.74, 6) is 0.420. The average Bonchev–Trinajstić information content (AvgIpc) is 2.92. The Balaban J connectivity index is 0.000000883. The molecule has 0 heterocycles. The fourth-order valence-corrected chi connectivity index (χ4v) is 5.74. The molecular formula is C33H46N2O5S. The molecule has 0 saturated heterocycles. The highest BCUT2D eigenvalue weighted by molar-refractivity contribution is 7.99. The smallest absolute Gasteiger partial charge is 0.255 e. The molecule has 3 aromatic carbocycles. The Hall–Kier alpha value is -2.91. The monoisotopic (exact) mass is 582 g/mol. The minimum absolute atomic E-state index is 0.0126. The molecule has 0 radical (unpaired) electrons. The van der Waals surface area contributed by atoms with Crippen LogP contribution >= 0.6 is 11.8 Å². The summed E-state index contributed by atoms with van der Waals surface area (Å²) < 4.78 is 0. The lowest BCUT2D eigenvalue weighted by Crippen LogP contribution is -2.47. The fourth-order valence-electron chi connectivity index (χ4n) is 4.55. The van der Waals surface area contributed by atoms with E-state index in [2.05, 4.69) is 44.3 Å². The van der Waals surface area contributed by atoms with Crippen LogP contribution in [0.2, 0.25) is 0 Å². The van der Waals surface area contributed by atoms with Crippen molar-refractivity contribution in [2.45, 2.75) is 69.9 Å². The van der Waals surface area contributed by atoms with Crippen molar-refractivity contribution in [3.8, 4) is 0 Å². The Labute approximate surface area is 249 Å². The third-order valence-electron chi connectivity index (χ3n) is 6.53. The Morgan fingerprint density at radius 2 is 1.61 bits per heavy atom. The van der Waals surface area contributed by atoms with Crippen LogP contribution in [0.25, 0.3) is 10.8 Å². The van der Waals surface area contributed by atoms with Gasteiger partial charge < -0.3 is 25.5 Å². The molecule has 2 amide bonds. The second-order valence-corrected chi connectivity index (χ2v) is 12.9. The van der Waals surface area contributed by atoms with Crippen molar-refractivity contribution in [3.63, 3.8) is 0 Å². The van der Waals surface area contributed by atoms with Crippen LogP contribution in [0.5, 0.6) is 0 Å². The maximum atomic E-state index is 13.9. The van der Waals surface area contributed by atoms with E-state index in [0.717, 1.165) is 16.3 Å². The minimum atomic E-state index is -0.610. The molecule has 1 atom stereocenters. The standard InChI is InChI=1S/C30H39NO3S.C3H7NO2/c1-29(2,3)25-13-9-10-14-26(25)35-20-23(33)19-22-16-15-21-11-7-8-12-24(21)27(22)28(34)31(17-18-32)30(4,5)6;5-2-1-4-3-6/h7-16,23,32-33H,17-20H2,1-6H3;3,5H,1-2H2,(H,4,6). The second-order valence-electron chi connectivity index (χ2n) is 11.9. The number of fused-ring (bicyclic) bond motifs is 1. The van der Waals surface area contributed by atoms with Gasteiger partial charge in [0, 0.05) is 29.3 Å². The molecule has 0 aliphatic heterocycles. The summed E-state index contributed by atoms with van der Waals surface area (Å²) >= 11 is 1.66. The summed E-state index contributed by atoms with van der Waals surface area (Å²) in [5, 5.41) is 32.8. The molecule has 0 aromatic heterocycles. The lowest BCUT2D eigenvalue weighted by molar-refractivity contribution is -0.109. The molecule has 0 spiro atoms. The number of thioether (sulfide) groups is 1. The summed E-state index contributed by atoms with van der Waals surface area (Å²) in [6.45, 7) is 13.0. The number of carbonyl (C=O) groups excluding carboxylic acids is 2. The molecule has 7 nitrogen and oxygen atoms in total. The third kappa shape index (κ3) is 10.1. The lowest BCUT2D eigenvalue weighted by atomic mass is 9.87. The highest BCUT2D eigenvalue weighted by Crippen LogP contribution is 2.33. The van der Waals surface area contributed by atoms with Gasteiger partial charge in [-0.2, -0.15) is 0 Å². The van der Waals surface area contributed by atoms with E-state index in [4.69, 9.17) is 5.11 Å². The van der Waals surface area contributed by atoms with E-state index in [0.29, 0.717) is 30.7 Å². The van der Waals surface area contributed by atoms with E-state index in [1.54, 1.807) is 16.7 Å². The van der Waals surface area contributed by atoms with Crippen LogP contribution in [0.15, 0.2) is 65.6 Å². The van der Waals surface area contributed by atoms with Gasteiger partial charge >= 0.3 is 0 Å². The number of β-amino-alcohol motifs (C(OH)–C–C–N with tert-alkyl or cyclic N) is 1. The van der Waals surface area contributed by atoms with Gasteiger partial charge in [-0.25, -0.2) is 0 Å². The number of rotatable bonds is 11.